The third-order valence-corrected chi connectivity index (χ3v) is 5.33. The summed E-state index contributed by atoms with van der Waals surface area (Å²) < 4.78 is 5.73. The fraction of sp³-hybridized carbons (Fsp3) is 0.400. The van der Waals surface area contributed by atoms with E-state index in [1.807, 2.05) is 18.2 Å². The summed E-state index contributed by atoms with van der Waals surface area (Å²) in [6, 6.07) is 16.3. The number of carbonyl (C=O) groups excluding carboxylic acids is 1. The zero-order chi connectivity index (χ0) is 19.1. The monoisotopic (exact) mass is 362 g/mol. The number of rotatable bonds is 8. The van der Waals surface area contributed by atoms with Crippen LogP contribution in [-0.4, -0.2) is 12.1 Å². The van der Waals surface area contributed by atoms with Gasteiger partial charge in [-0.1, -0.05) is 68.3 Å². The van der Waals surface area contributed by atoms with E-state index in [4.69, 9.17) is 4.74 Å². The van der Waals surface area contributed by atoms with Crippen LogP contribution in [0.3, 0.4) is 0 Å². The van der Waals surface area contributed by atoms with Crippen LogP contribution >= 0.6 is 0 Å². The SMILES string of the molecule is CCCCC/C(=C/c1ccccc1)c1c(C)cccc1C(=O)OC1CCC1. The van der Waals surface area contributed by atoms with Gasteiger partial charge in [0.2, 0.25) is 0 Å². The van der Waals surface area contributed by atoms with Crippen LogP contribution in [0.2, 0.25) is 0 Å². The molecule has 27 heavy (non-hydrogen) atoms. The van der Waals surface area contributed by atoms with Crippen LogP contribution in [0, 0.1) is 6.92 Å². The Bertz CT molecular complexity index is 785. The molecule has 1 saturated carbocycles. The van der Waals surface area contributed by atoms with Crippen molar-refractivity contribution in [2.45, 2.75) is 64.9 Å². The van der Waals surface area contributed by atoms with Crippen molar-refractivity contribution in [1.29, 1.82) is 0 Å². The molecule has 142 valence electrons. The highest BCUT2D eigenvalue weighted by Crippen LogP contribution is 2.32. The van der Waals surface area contributed by atoms with Gasteiger partial charge in [-0.2, -0.15) is 0 Å². The molecule has 2 nitrogen and oxygen atoms in total. The summed E-state index contributed by atoms with van der Waals surface area (Å²) in [5.74, 6) is -0.173. The molecule has 0 atom stereocenters. The number of hydrogen-bond acceptors (Lipinski definition) is 2. The number of unbranched alkanes of at least 4 members (excludes halogenated alkanes) is 2. The van der Waals surface area contributed by atoms with E-state index in [-0.39, 0.29) is 12.1 Å². The van der Waals surface area contributed by atoms with Crippen LogP contribution in [0.15, 0.2) is 48.5 Å². The number of aryl methyl sites for hydroxylation is 1. The molecule has 0 saturated heterocycles. The fourth-order valence-electron chi connectivity index (χ4n) is 3.55. The minimum Gasteiger partial charge on any atom is -0.459 e. The number of hydrogen-bond donors (Lipinski definition) is 0. The van der Waals surface area contributed by atoms with Crippen molar-refractivity contribution in [2.75, 3.05) is 0 Å². The predicted octanol–water partition coefficient (Wildman–Crippen LogP) is 6.83. The minimum absolute atomic E-state index is 0.104. The van der Waals surface area contributed by atoms with E-state index in [2.05, 4.69) is 50.3 Å². The average molecular weight is 363 g/mol. The molecule has 0 heterocycles. The lowest BCUT2D eigenvalue weighted by molar-refractivity contribution is 0.00896. The first-order valence-corrected chi connectivity index (χ1v) is 10.3. The van der Waals surface area contributed by atoms with Gasteiger partial charge in [-0.25, -0.2) is 4.79 Å². The highest BCUT2D eigenvalue weighted by atomic mass is 16.5. The van der Waals surface area contributed by atoms with E-state index >= 15 is 0 Å². The zero-order valence-corrected chi connectivity index (χ0v) is 16.5. The fourth-order valence-corrected chi connectivity index (χ4v) is 3.55. The van der Waals surface area contributed by atoms with Crippen LogP contribution in [0.5, 0.6) is 0 Å². The second kappa shape index (κ2) is 9.55. The Balaban J connectivity index is 1.97. The third kappa shape index (κ3) is 5.09. The Labute approximate surface area is 163 Å². The van der Waals surface area contributed by atoms with Gasteiger partial charge >= 0.3 is 5.97 Å². The first kappa shape index (κ1) is 19.4. The maximum absolute atomic E-state index is 12.9. The van der Waals surface area contributed by atoms with Crippen LogP contribution in [0.1, 0.15) is 78.9 Å². The standard InChI is InChI=1S/C25H30O2/c1-3-4-6-14-21(18-20-12-7-5-8-13-20)24-19(2)11-9-17-23(24)25(26)27-22-15-10-16-22/h5,7-9,11-13,17-18,22H,3-4,6,10,14-16H2,1-2H3/b21-18-. The van der Waals surface area contributed by atoms with E-state index in [1.54, 1.807) is 0 Å². The first-order valence-electron chi connectivity index (χ1n) is 10.3. The van der Waals surface area contributed by atoms with Crippen molar-refractivity contribution in [2.24, 2.45) is 0 Å². The van der Waals surface area contributed by atoms with E-state index in [0.717, 1.165) is 43.2 Å². The van der Waals surface area contributed by atoms with Gasteiger partial charge in [-0.15, -0.1) is 0 Å². The van der Waals surface area contributed by atoms with E-state index in [0.29, 0.717) is 5.56 Å². The number of benzene rings is 2. The minimum atomic E-state index is -0.173. The van der Waals surface area contributed by atoms with Gasteiger partial charge in [0.25, 0.3) is 0 Å². The Morgan fingerprint density at radius 2 is 1.85 bits per heavy atom. The summed E-state index contributed by atoms with van der Waals surface area (Å²) in [6.45, 7) is 4.31. The second-order valence-corrected chi connectivity index (χ2v) is 7.49. The summed E-state index contributed by atoms with van der Waals surface area (Å²) in [6.07, 6.45) is 9.97. The molecule has 2 aromatic rings. The Hall–Kier alpha value is -2.35. The molecule has 0 N–H and O–H groups in total. The maximum atomic E-state index is 12.9. The lowest BCUT2D eigenvalue weighted by Gasteiger charge is -2.26. The zero-order valence-electron chi connectivity index (χ0n) is 16.5. The van der Waals surface area contributed by atoms with Crippen molar-refractivity contribution in [3.8, 4) is 0 Å². The number of allylic oxidation sites excluding steroid dienone is 1. The molecule has 0 spiro atoms. The van der Waals surface area contributed by atoms with Gasteiger partial charge in [0.15, 0.2) is 0 Å². The van der Waals surface area contributed by atoms with Crippen molar-refractivity contribution < 1.29 is 9.53 Å². The van der Waals surface area contributed by atoms with Crippen LogP contribution < -0.4 is 0 Å². The topological polar surface area (TPSA) is 26.3 Å². The molecule has 0 bridgehead atoms. The van der Waals surface area contributed by atoms with Gasteiger partial charge in [0.1, 0.15) is 6.10 Å². The summed E-state index contributed by atoms with van der Waals surface area (Å²) in [5, 5.41) is 0. The smallest absolute Gasteiger partial charge is 0.339 e. The summed E-state index contributed by atoms with van der Waals surface area (Å²) >= 11 is 0. The van der Waals surface area contributed by atoms with Gasteiger partial charge in [-0.3, -0.25) is 0 Å². The number of carbonyl (C=O) groups is 1. The van der Waals surface area contributed by atoms with E-state index < -0.39 is 0 Å². The van der Waals surface area contributed by atoms with Gasteiger partial charge in [0, 0.05) is 0 Å². The van der Waals surface area contributed by atoms with Gasteiger partial charge < -0.3 is 4.74 Å². The number of ether oxygens (including phenoxy) is 1. The lowest BCUT2D eigenvalue weighted by Crippen LogP contribution is -2.25. The summed E-state index contributed by atoms with van der Waals surface area (Å²) in [5.41, 5.74) is 5.30. The van der Waals surface area contributed by atoms with Gasteiger partial charge in [0.05, 0.1) is 5.56 Å². The quantitative estimate of drug-likeness (QED) is 0.292. The third-order valence-electron chi connectivity index (χ3n) is 5.33. The highest BCUT2D eigenvalue weighted by molar-refractivity contribution is 5.98. The van der Waals surface area contributed by atoms with Crippen molar-refractivity contribution >= 4 is 17.6 Å². The molecular formula is C25H30O2. The summed E-state index contributed by atoms with van der Waals surface area (Å²) in [7, 11) is 0. The molecule has 0 aliphatic heterocycles. The molecular weight excluding hydrogens is 332 g/mol. The molecule has 1 aliphatic rings. The van der Waals surface area contributed by atoms with Crippen LogP contribution in [0.25, 0.3) is 11.6 Å². The Kier molecular flexibility index (Phi) is 6.86. The van der Waals surface area contributed by atoms with Gasteiger partial charge in [-0.05, 0) is 67.4 Å². The van der Waals surface area contributed by atoms with Crippen LogP contribution in [-0.2, 0) is 4.74 Å². The Morgan fingerprint density at radius 1 is 1.07 bits per heavy atom. The molecule has 1 aliphatic carbocycles. The average Bonchev–Trinajstić information content (AvgIpc) is 2.64. The van der Waals surface area contributed by atoms with E-state index in [1.165, 1.54) is 24.0 Å². The van der Waals surface area contributed by atoms with Crippen molar-refractivity contribution in [3.05, 3.63) is 70.8 Å². The molecule has 0 radical (unpaired) electrons. The molecule has 3 rings (SSSR count). The molecule has 2 heteroatoms. The normalized spacial score (nSPS) is 14.7. The second-order valence-electron chi connectivity index (χ2n) is 7.49. The summed E-state index contributed by atoms with van der Waals surface area (Å²) in [4.78, 5) is 12.9. The van der Waals surface area contributed by atoms with Crippen LogP contribution in [0.4, 0.5) is 0 Å². The molecule has 0 aromatic heterocycles. The predicted molar refractivity (Wildman–Crippen MR) is 113 cm³/mol. The Morgan fingerprint density at radius 3 is 2.52 bits per heavy atom. The first-order chi connectivity index (χ1) is 13.2. The molecule has 0 amide bonds. The molecule has 1 fully saturated rings. The van der Waals surface area contributed by atoms with Crippen molar-refractivity contribution in [3.63, 3.8) is 0 Å². The van der Waals surface area contributed by atoms with Crippen molar-refractivity contribution in [1.82, 2.24) is 0 Å². The number of esters is 1. The molecule has 2 aromatic carbocycles. The maximum Gasteiger partial charge on any atom is 0.339 e. The lowest BCUT2D eigenvalue weighted by atomic mass is 9.90. The largest absolute Gasteiger partial charge is 0.459 e. The molecule has 0 unspecified atom stereocenters. The van der Waals surface area contributed by atoms with E-state index in [9.17, 15) is 4.79 Å². The highest BCUT2D eigenvalue weighted by Gasteiger charge is 2.25.